The van der Waals surface area contributed by atoms with Gasteiger partial charge in [-0.25, -0.2) is 0 Å². The van der Waals surface area contributed by atoms with Crippen molar-refractivity contribution in [3.63, 3.8) is 0 Å². The van der Waals surface area contributed by atoms with Crippen LogP contribution in [0.25, 0.3) is 62.0 Å². The number of alkyl halides is 6. The van der Waals surface area contributed by atoms with Gasteiger partial charge in [-0.3, -0.25) is 0 Å². The van der Waals surface area contributed by atoms with E-state index in [1.807, 2.05) is 109 Å². The maximum atomic E-state index is 12.7. The van der Waals surface area contributed by atoms with Crippen molar-refractivity contribution in [2.45, 2.75) is 206 Å². The highest BCUT2D eigenvalue weighted by atomic mass is 19.4. The zero-order valence-electron chi connectivity index (χ0n) is 84.8. The number of allylic oxidation sites excluding steroid dienone is 3. The van der Waals surface area contributed by atoms with Crippen LogP contribution in [-0.2, 0) is 60.4 Å². The predicted molar refractivity (Wildman–Crippen MR) is 570 cm³/mol. The predicted octanol–water partition coefficient (Wildman–Crippen LogP) is 36.9. The average molecular weight is 1870 g/mol. The molecule has 0 bridgehead atoms. The number of halogens is 6. The molecule has 0 saturated carbocycles. The molecule has 0 amide bonds. The lowest BCUT2D eigenvalue weighted by molar-refractivity contribution is -0.138. The maximum absolute atomic E-state index is 12.7. The number of benzene rings is 15. The Morgan fingerprint density at radius 3 is 1.03 bits per heavy atom. The van der Waals surface area contributed by atoms with Crippen molar-refractivity contribution in [2.75, 3.05) is 6.79 Å². The molecule has 1 aliphatic rings. The molecule has 16 rings (SSSR count). The van der Waals surface area contributed by atoms with E-state index >= 15 is 0 Å². The number of fused-ring (bicyclic) bond motifs is 3. The van der Waals surface area contributed by atoms with Crippen LogP contribution >= 0.6 is 0 Å². The van der Waals surface area contributed by atoms with E-state index in [4.69, 9.17) is 28.4 Å². The first-order valence-corrected chi connectivity index (χ1v) is 47.5. The molecule has 15 aromatic rings. The third-order valence-corrected chi connectivity index (χ3v) is 22.4. The lowest BCUT2D eigenvalue weighted by Crippen LogP contribution is -2.15. The van der Waals surface area contributed by atoms with Crippen molar-refractivity contribution >= 4 is 39.8 Å². The van der Waals surface area contributed by atoms with Gasteiger partial charge in [0, 0.05) is 10.8 Å². The molecular formula is C127H138F6O6. The van der Waals surface area contributed by atoms with Gasteiger partial charge in [0.15, 0.2) is 11.5 Å². The van der Waals surface area contributed by atoms with E-state index in [1.165, 1.54) is 102 Å². The van der Waals surface area contributed by atoms with Crippen molar-refractivity contribution in [1.82, 2.24) is 0 Å². The topological polar surface area (TPSA) is 55.4 Å². The molecule has 0 spiro atoms. The van der Waals surface area contributed by atoms with Gasteiger partial charge in [0.05, 0.1) is 11.1 Å². The number of hydrogen-bond donors (Lipinski definition) is 0. The first-order valence-electron chi connectivity index (χ1n) is 47.5. The lowest BCUT2D eigenvalue weighted by Gasteiger charge is -2.23. The van der Waals surface area contributed by atoms with Crippen molar-refractivity contribution in [3.05, 3.63) is 448 Å². The fraction of sp³-hybridized carbons (Fsp3) is 0.276. The van der Waals surface area contributed by atoms with Crippen LogP contribution in [0.3, 0.4) is 0 Å². The fourth-order valence-electron chi connectivity index (χ4n) is 14.7. The van der Waals surface area contributed by atoms with Crippen LogP contribution in [0.4, 0.5) is 26.3 Å². The zero-order valence-corrected chi connectivity index (χ0v) is 84.8. The summed E-state index contributed by atoms with van der Waals surface area (Å²) in [5, 5.41) is 4.75. The van der Waals surface area contributed by atoms with Crippen molar-refractivity contribution in [3.8, 4) is 56.8 Å². The second-order valence-corrected chi connectivity index (χ2v) is 42.1. The van der Waals surface area contributed by atoms with E-state index < -0.39 is 23.5 Å². The van der Waals surface area contributed by atoms with E-state index in [9.17, 15) is 26.3 Å². The Balaban J connectivity index is 0.000000168. The van der Waals surface area contributed by atoms with Crippen LogP contribution in [0.1, 0.15) is 218 Å². The molecule has 0 atom stereocenters. The quantitative estimate of drug-likeness (QED) is 0.0847. The van der Waals surface area contributed by atoms with Crippen LogP contribution in [0.2, 0.25) is 0 Å². The van der Waals surface area contributed by atoms with Gasteiger partial charge in [-0.15, -0.1) is 0 Å². The van der Waals surface area contributed by atoms with Gasteiger partial charge in [0.2, 0.25) is 6.79 Å². The van der Waals surface area contributed by atoms with Gasteiger partial charge in [0.1, 0.15) is 49.4 Å². The van der Waals surface area contributed by atoms with E-state index in [1.54, 1.807) is 0 Å². The van der Waals surface area contributed by atoms with Crippen LogP contribution in [0.15, 0.2) is 376 Å². The van der Waals surface area contributed by atoms with Crippen LogP contribution in [-0.4, -0.2) is 6.79 Å². The molecule has 0 unspecified atom stereocenters. The monoisotopic (exact) mass is 1870 g/mol. The van der Waals surface area contributed by atoms with E-state index in [-0.39, 0.29) is 62.6 Å². The summed E-state index contributed by atoms with van der Waals surface area (Å²) in [6.45, 7) is 47.9. The Morgan fingerprint density at radius 2 is 0.590 bits per heavy atom. The number of hydrogen-bond acceptors (Lipinski definition) is 6. The van der Waals surface area contributed by atoms with E-state index in [2.05, 4.69) is 382 Å². The van der Waals surface area contributed by atoms with Gasteiger partial charge in [-0.1, -0.05) is 473 Å². The minimum atomic E-state index is -4.36. The smallest absolute Gasteiger partial charge is 0.416 e. The highest BCUT2D eigenvalue weighted by Gasteiger charge is 2.32. The zero-order chi connectivity index (χ0) is 101. The normalized spacial score (nSPS) is 12.3. The summed E-state index contributed by atoms with van der Waals surface area (Å²) in [4.78, 5) is 0. The molecule has 12 heteroatoms. The van der Waals surface area contributed by atoms with Crippen molar-refractivity contribution in [1.29, 1.82) is 0 Å². The Bertz CT molecular complexity index is 6430. The standard InChI is InChI=1S/2C21H22O.2C18H19F3O.2C18H20.C13H16O2/c1-21(2,3)19-13-7-5-10-17(19)15-22-20-14-8-11-16-9-4-6-12-18(16)20;1-21(2,3)18-13-11-16(12-14-18)15-22-20-10-6-8-17-7-4-5-9-19(17)20;1-17(2,3)16-10-5-4-7-13(16)12-22-15-9-6-8-14(11-15)18(19,20)21;1-17(2,3)14-9-7-13(8-10-14)12-22-16-6-4-5-15(11-16)18(19,20)21;1-18(2,3)13-12-15-8-7-11-17(14-15)16-9-5-4-6-10-16;1-18(2,3)14-13-15-9-11-17(12-10-15)16-7-5-4-6-8-16;1-13(2,3)7-6-10-4-5-11-12(8-10)15-9-14-11/h2*4-14H,15H2,1-3H3;2*4-11H,12H2,1-3H3;2*4-14H,1-3H3;4-8H,9H2,1-3H3/b;;;;13-12+;14-13+;7-6+. The number of ether oxygens (including phenoxy) is 6. The molecule has 0 N–H and O–H groups in total. The summed E-state index contributed by atoms with van der Waals surface area (Å²) in [6, 6.07) is 116. The Kier molecular flexibility index (Phi) is 37.6. The summed E-state index contributed by atoms with van der Waals surface area (Å²) in [6.07, 6.45) is 4.46. The third kappa shape index (κ3) is 36.1. The van der Waals surface area contributed by atoms with Gasteiger partial charge in [-0.2, -0.15) is 26.3 Å². The molecule has 6 nitrogen and oxygen atoms in total. The molecule has 0 aromatic heterocycles. The van der Waals surface area contributed by atoms with Gasteiger partial charge < -0.3 is 28.4 Å². The highest BCUT2D eigenvalue weighted by Crippen LogP contribution is 2.39. The Morgan fingerprint density at radius 1 is 0.252 bits per heavy atom. The van der Waals surface area contributed by atoms with Crippen molar-refractivity contribution in [2.24, 2.45) is 16.2 Å². The molecular weight excluding hydrogens is 1740 g/mol. The summed E-state index contributed by atoms with van der Waals surface area (Å²) >= 11 is 0. The largest absolute Gasteiger partial charge is 0.489 e. The van der Waals surface area contributed by atoms with Crippen LogP contribution in [0, 0.1) is 16.2 Å². The molecule has 1 heterocycles. The van der Waals surface area contributed by atoms with Gasteiger partial charge in [-0.05, 0) is 199 Å². The number of rotatable bonds is 17. The van der Waals surface area contributed by atoms with Crippen LogP contribution < -0.4 is 28.4 Å². The minimum Gasteiger partial charge on any atom is -0.489 e. The van der Waals surface area contributed by atoms with Crippen molar-refractivity contribution < 1.29 is 54.8 Å². The molecule has 0 radical (unpaired) electrons. The van der Waals surface area contributed by atoms with Gasteiger partial charge >= 0.3 is 12.4 Å². The minimum absolute atomic E-state index is 0.0478. The van der Waals surface area contributed by atoms with E-state index in [0.717, 1.165) is 74.9 Å². The summed E-state index contributed by atoms with van der Waals surface area (Å²) in [7, 11) is 0. The van der Waals surface area contributed by atoms with Gasteiger partial charge in [0.25, 0.3) is 0 Å². The molecule has 1 aliphatic heterocycles. The summed E-state index contributed by atoms with van der Waals surface area (Å²) in [5.41, 5.74) is 17.7. The maximum Gasteiger partial charge on any atom is 0.416 e. The summed E-state index contributed by atoms with van der Waals surface area (Å²) < 4.78 is 110. The third-order valence-electron chi connectivity index (χ3n) is 22.4. The molecule has 15 aromatic carbocycles. The molecule has 724 valence electrons. The Hall–Kier alpha value is -13.6. The average Bonchev–Trinajstić information content (AvgIpc) is 1.50. The Labute approximate surface area is 823 Å². The highest BCUT2D eigenvalue weighted by molar-refractivity contribution is 5.89. The lowest BCUT2D eigenvalue weighted by atomic mass is 9.84. The molecule has 0 saturated heterocycles. The molecule has 0 aliphatic carbocycles. The van der Waals surface area contributed by atoms with Crippen LogP contribution in [0.5, 0.6) is 34.5 Å². The SMILES string of the molecule is CC(C)(C)/C=C/c1ccc(-c2ccccc2)cc1.CC(C)(C)/C=C/c1ccc2c(c1)OCO2.CC(C)(C)/C=C/c1cccc(-c2ccccc2)c1.CC(C)(C)c1ccc(COc2cccc(C(F)(F)F)c2)cc1.CC(C)(C)c1ccc(COc2cccc3ccccc23)cc1.CC(C)(C)c1ccccc1COc1cccc(C(F)(F)F)c1.CC(C)(C)c1ccccc1COc1cccc2ccccc12. The van der Waals surface area contributed by atoms with E-state index in [0.29, 0.717) is 20.0 Å². The second-order valence-electron chi connectivity index (χ2n) is 42.1. The molecule has 139 heavy (non-hydrogen) atoms. The fourth-order valence-corrected chi connectivity index (χ4v) is 14.7. The second kappa shape index (κ2) is 48.6. The first kappa shape index (κ1) is 107. The summed E-state index contributed by atoms with van der Waals surface area (Å²) in [5.74, 6) is 4.00. The first-order chi connectivity index (χ1) is 65.6. The molecule has 0 fully saturated rings.